The maximum atomic E-state index is 12.1. The Hall–Kier alpha value is -2.39. The van der Waals surface area contributed by atoms with Crippen LogP contribution in [-0.4, -0.2) is 23.4 Å². The minimum Gasteiger partial charge on any atom is -0.451 e. The van der Waals surface area contributed by atoms with Gasteiger partial charge in [-0.15, -0.1) is 0 Å². The van der Waals surface area contributed by atoms with E-state index in [1.54, 1.807) is 0 Å². The topological polar surface area (TPSA) is 121 Å². The summed E-state index contributed by atoms with van der Waals surface area (Å²) in [7, 11) is -3.69. The zero-order chi connectivity index (χ0) is 14.2. The van der Waals surface area contributed by atoms with Crippen LogP contribution in [0.4, 0.5) is 0 Å². The molecule has 104 valence electrons. The van der Waals surface area contributed by atoms with Gasteiger partial charge >= 0.3 is 5.69 Å². The lowest BCUT2D eigenvalue weighted by atomic mass is 10.3. The first-order valence-electron chi connectivity index (χ1n) is 5.63. The highest BCUT2D eigenvalue weighted by molar-refractivity contribution is 7.89. The Balaban J connectivity index is 1.90. The summed E-state index contributed by atoms with van der Waals surface area (Å²) in [6.07, 6.45) is 2.58. The number of oxazole rings is 1. The second-order valence-corrected chi connectivity index (χ2v) is 5.86. The molecule has 3 aromatic rings. The van der Waals surface area contributed by atoms with Crippen LogP contribution in [0.2, 0.25) is 0 Å². The second kappa shape index (κ2) is 4.62. The van der Waals surface area contributed by atoms with Gasteiger partial charge in [0.1, 0.15) is 6.26 Å². The van der Waals surface area contributed by atoms with E-state index in [4.69, 9.17) is 4.42 Å². The molecule has 1 aromatic carbocycles. The van der Waals surface area contributed by atoms with Crippen LogP contribution in [0.5, 0.6) is 0 Å². The molecule has 0 aliphatic heterocycles. The predicted octanol–water partition coefficient (Wildman–Crippen LogP) is 0.323. The maximum absolute atomic E-state index is 12.1. The standard InChI is InChI=1S/C11H10N4O4S/c16-11-14-9-2-1-8(3-10(9)15-11)20(17,18)13-4-7-5-19-6-12-7/h1-3,5-6,13H,4H2,(H2,14,15,16). The number of benzene rings is 1. The first-order chi connectivity index (χ1) is 9.54. The van der Waals surface area contributed by atoms with Crippen molar-refractivity contribution in [2.75, 3.05) is 0 Å². The van der Waals surface area contributed by atoms with Gasteiger partial charge in [-0.05, 0) is 18.2 Å². The minimum absolute atomic E-state index is 0.0283. The zero-order valence-corrected chi connectivity index (χ0v) is 10.9. The summed E-state index contributed by atoms with van der Waals surface area (Å²) in [5, 5.41) is 0. The SMILES string of the molecule is O=c1[nH]c2ccc(S(=O)(=O)NCc3cocn3)cc2[nH]1. The van der Waals surface area contributed by atoms with E-state index in [0.29, 0.717) is 16.7 Å². The number of fused-ring (bicyclic) bond motifs is 1. The monoisotopic (exact) mass is 294 g/mol. The van der Waals surface area contributed by atoms with Crippen molar-refractivity contribution in [2.24, 2.45) is 0 Å². The Morgan fingerprint density at radius 1 is 1.25 bits per heavy atom. The molecule has 2 heterocycles. The average molecular weight is 294 g/mol. The van der Waals surface area contributed by atoms with Gasteiger partial charge in [-0.2, -0.15) is 0 Å². The molecule has 0 fully saturated rings. The summed E-state index contributed by atoms with van der Waals surface area (Å²) in [4.78, 5) is 20.1. The van der Waals surface area contributed by atoms with Gasteiger partial charge in [0.25, 0.3) is 0 Å². The molecule has 20 heavy (non-hydrogen) atoms. The van der Waals surface area contributed by atoms with Crippen molar-refractivity contribution in [3.05, 3.63) is 47.0 Å². The van der Waals surface area contributed by atoms with Gasteiger partial charge in [0.2, 0.25) is 10.0 Å². The highest BCUT2D eigenvalue weighted by atomic mass is 32.2. The molecule has 0 spiro atoms. The van der Waals surface area contributed by atoms with Gasteiger partial charge in [0.15, 0.2) is 6.39 Å². The Morgan fingerprint density at radius 2 is 2.05 bits per heavy atom. The summed E-state index contributed by atoms with van der Waals surface area (Å²) >= 11 is 0. The third kappa shape index (κ3) is 2.36. The molecule has 0 aliphatic carbocycles. The van der Waals surface area contributed by atoms with Crippen LogP contribution in [0.15, 0.2) is 45.0 Å². The fraction of sp³-hybridized carbons (Fsp3) is 0.0909. The van der Waals surface area contributed by atoms with E-state index in [-0.39, 0.29) is 17.1 Å². The Kier molecular flexibility index (Phi) is 2.92. The number of H-pyrrole nitrogens is 2. The second-order valence-electron chi connectivity index (χ2n) is 4.09. The normalized spacial score (nSPS) is 12.0. The number of hydrogen-bond acceptors (Lipinski definition) is 5. The molecule has 9 heteroatoms. The molecular weight excluding hydrogens is 284 g/mol. The summed E-state index contributed by atoms with van der Waals surface area (Å²) < 4.78 is 31.4. The van der Waals surface area contributed by atoms with E-state index in [9.17, 15) is 13.2 Å². The molecule has 0 saturated heterocycles. The molecule has 3 rings (SSSR count). The first-order valence-corrected chi connectivity index (χ1v) is 7.12. The number of nitrogens with zero attached hydrogens (tertiary/aromatic N) is 1. The fourth-order valence-corrected chi connectivity index (χ4v) is 2.78. The van der Waals surface area contributed by atoms with E-state index in [1.807, 2.05) is 0 Å². The maximum Gasteiger partial charge on any atom is 0.323 e. The fourth-order valence-electron chi connectivity index (χ4n) is 1.76. The number of aromatic nitrogens is 3. The lowest BCUT2D eigenvalue weighted by Crippen LogP contribution is -2.23. The zero-order valence-electron chi connectivity index (χ0n) is 10.1. The van der Waals surface area contributed by atoms with Crippen LogP contribution < -0.4 is 10.4 Å². The van der Waals surface area contributed by atoms with Crippen molar-refractivity contribution in [1.82, 2.24) is 19.7 Å². The molecule has 3 N–H and O–H groups in total. The number of rotatable bonds is 4. The molecule has 8 nitrogen and oxygen atoms in total. The van der Waals surface area contributed by atoms with Crippen molar-refractivity contribution < 1.29 is 12.8 Å². The Bertz CT molecular complexity index is 892. The summed E-state index contributed by atoms with van der Waals surface area (Å²) in [5.74, 6) is 0. The van der Waals surface area contributed by atoms with Gasteiger partial charge in [0.05, 0.1) is 28.2 Å². The number of imidazole rings is 1. The number of nitrogens with one attached hydrogen (secondary N) is 3. The van der Waals surface area contributed by atoms with Gasteiger partial charge in [0, 0.05) is 0 Å². The molecule has 0 aliphatic rings. The average Bonchev–Trinajstić information content (AvgIpc) is 3.03. The molecule has 0 radical (unpaired) electrons. The van der Waals surface area contributed by atoms with Crippen molar-refractivity contribution in [3.8, 4) is 0 Å². The molecule has 0 saturated carbocycles. The number of sulfonamides is 1. The van der Waals surface area contributed by atoms with Crippen LogP contribution in [0.3, 0.4) is 0 Å². The first kappa shape index (κ1) is 12.6. The summed E-state index contributed by atoms with van der Waals surface area (Å²) in [6.45, 7) is 0.0283. The van der Waals surface area contributed by atoms with E-state index >= 15 is 0 Å². The molecule has 2 aromatic heterocycles. The molecule has 0 unspecified atom stereocenters. The van der Waals surface area contributed by atoms with E-state index in [2.05, 4.69) is 19.7 Å². The van der Waals surface area contributed by atoms with Crippen LogP contribution in [0.1, 0.15) is 5.69 Å². The van der Waals surface area contributed by atoms with Crippen LogP contribution in [0.25, 0.3) is 11.0 Å². The lowest BCUT2D eigenvalue weighted by molar-refractivity contribution is 0.555. The van der Waals surface area contributed by atoms with Crippen LogP contribution in [0, 0.1) is 0 Å². The van der Waals surface area contributed by atoms with Crippen LogP contribution >= 0.6 is 0 Å². The highest BCUT2D eigenvalue weighted by Crippen LogP contribution is 2.15. The largest absolute Gasteiger partial charge is 0.451 e. The third-order valence-electron chi connectivity index (χ3n) is 2.72. The lowest BCUT2D eigenvalue weighted by Gasteiger charge is -2.05. The van der Waals surface area contributed by atoms with Gasteiger partial charge in [-0.3, -0.25) is 0 Å². The molecule has 0 atom stereocenters. The minimum atomic E-state index is -3.69. The molecule has 0 amide bonds. The van der Waals surface area contributed by atoms with E-state index < -0.39 is 10.0 Å². The van der Waals surface area contributed by atoms with Crippen LogP contribution in [-0.2, 0) is 16.6 Å². The van der Waals surface area contributed by atoms with Gasteiger partial charge in [-0.25, -0.2) is 22.9 Å². The third-order valence-corrected chi connectivity index (χ3v) is 4.12. The van der Waals surface area contributed by atoms with Crippen molar-refractivity contribution >= 4 is 21.1 Å². The van der Waals surface area contributed by atoms with Crippen molar-refractivity contribution in [3.63, 3.8) is 0 Å². The van der Waals surface area contributed by atoms with E-state index in [1.165, 1.54) is 30.9 Å². The van der Waals surface area contributed by atoms with Crippen molar-refractivity contribution in [2.45, 2.75) is 11.4 Å². The smallest absolute Gasteiger partial charge is 0.323 e. The van der Waals surface area contributed by atoms with Crippen molar-refractivity contribution in [1.29, 1.82) is 0 Å². The quantitative estimate of drug-likeness (QED) is 0.640. The number of aromatic amines is 2. The highest BCUT2D eigenvalue weighted by Gasteiger charge is 2.15. The Morgan fingerprint density at radius 3 is 2.80 bits per heavy atom. The summed E-state index contributed by atoms with van der Waals surface area (Å²) in [5.41, 5.74) is 1.07. The Labute approximate surface area is 112 Å². The van der Waals surface area contributed by atoms with Gasteiger partial charge in [-0.1, -0.05) is 0 Å². The number of hydrogen-bond donors (Lipinski definition) is 3. The molecule has 0 bridgehead atoms. The predicted molar refractivity (Wildman–Crippen MR) is 69.4 cm³/mol. The van der Waals surface area contributed by atoms with E-state index in [0.717, 1.165) is 0 Å². The van der Waals surface area contributed by atoms with Gasteiger partial charge < -0.3 is 14.4 Å². The summed E-state index contributed by atoms with van der Waals surface area (Å²) in [6, 6.07) is 4.33. The molecular formula is C11H10N4O4S.